The van der Waals surface area contributed by atoms with E-state index in [1.807, 2.05) is 19.0 Å². The Labute approximate surface area is 313 Å². The van der Waals surface area contributed by atoms with E-state index in [1.54, 1.807) is 0 Å². The summed E-state index contributed by atoms with van der Waals surface area (Å²) in [5, 5.41) is 0. The first-order valence-electron chi connectivity index (χ1n) is 22.0. The van der Waals surface area contributed by atoms with Crippen LogP contribution in [0.4, 0.5) is 0 Å². The van der Waals surface area contributed by atoms with E-state index in [0.717, 1.165) is 32.6 Å². The molecule has 0 saturated carbocycles. The van der Waals surface area contributed by atoms with Crippen molar-refractivity contribution in [1.82, 2.24) is 9.80 Å². The lowest BCUT2D eigenvalue weighted by Gasteiger charge is -2.23. The summed E-state index contributed by atoms with van der Waals surface area (Å²) in [6.45, 7) is 9.51. The number of nitrogens with zero attached hydrogens (tertiary/aromatic N) is 2. The van der Waals surface area contributed by atoms with Crippen LogP contribution >= 0.6 is 0 Å². The van der Waals surface area contributed by atoms with Crippen LogP contribution in [0.15, 0.2) is 24.3 Å². The lowest BCUT2D eigenvalue weighted by atomic mass is 10.1. The van der Waals surface area contributed by atoms with Gasteiger partial charge in [-0.1, -0.05) is 154 Å². The van der Waals surface area contributed by atoms with Crippen molar-refractivity contribution in [3.63, 3.8) is 0 Å². The molecule has 5 nitrogen and oxygen atoms in total. The van der Waals surface area contributed by atoms with Crippen LogP contribution in [-0.4, -0.2) is 75.9 Å². The summed E-state index contributed by atoms with van der Waals surface area (Å²) in [5.74, 6) is 0.209. The molecule has 50 heavy (non-hydrogen) atoms. The molecule has 0 unspecified atom stereocenters. The van der Waals surface area contributed by atoms with Crippen LogP contribution in [0.1, 0.15) is 200 Å². The molecule has 0 rings (SSSR count). The lowest BCUT2D eigenvalue weighted by molar-refractivity contribution is -0.133. The predicted octanol–water partition coefficient (Wildman–Crippen LogP) is 12.9. The Hall–Kier alpha value is -1.17. The number of rotatable bonds is 41. The van der Waals surface area contributed by atoms with Crippen molar-refractivity contribution in [3.8, 4) is 0 Å². The minimum absolute atomic E-state index is 0.209. The molecular formula is C45H88N2O3. The molecule has 0 heterocycles. The van der Waals surface area contributed by atoms with Gasteiger partial charge in [0.2, 0.25) is 5.91 Å². The summed E-state index contributed by atoms with van der Waals surface area (Å²) in [6.07, 6.45) is 47.1. The van der Waals surface area contributed by atoms with Crippen LogP contribution in [0, 0.1) is 0 Å². The van der Waals surface area contributed by atoms with Crippen LogP contribution in [-0.2, 0) is 14.3 Å². The van der Waals surface area contributed by atoms with Gasteiger partial charge in [0, 0.05) is 39.3 Å². The Morgan fingerprint density at radius 2 is 0.740 bits per heavy atom. The minimum atomic E-state index is 0.209. The zero-order chi connectivity index (χ0) is 36.4. The first-order valence-corrected chi connectivity index (χ1v) is 22.0. The fraction of sp³-hybridized carbons (Fsp3) is 0.889. The molecule has 0 radical (unpaired) electrons. The zero-order valence-electron chi connectivity index (χ0n) is 34.4. The minimum Gasteiger partial charge on any atom is -0.380 e. The molecule has 0 N–H and O–H groups in total. The van der Waals surface area contributed by atoms with E-state index in [1.165, 1.54) is 167 Å². The van der Waals surface area contributed by atoms with Crippen LogP contribution in [0.3, 0.4) is 0 Å². The van der Waals surface area contributed by atoms with Crippen molar-refractivity contribution in [3.05, 3.63) is 24.3 Å². The summed E-state index contributed by atoms with van der Waals surface area (Å²) >= 11 is 0. The van der Waals surface area contributed by atoms with Crippen molar-refractivity contribution in [2.45, 2.75) is 200 Å². The highest BCUT2D eigenvalue weighted by Gasteiger charge is 2.13. The molecule has 0 aromatic heterocycles. The molecule has 0 saturated heterocycles. The summed E-state index contributed by atoms with van der Waals surface area (Å²) in [6, 6.07) is 0. The fourth-order valence-corrected chi connectivity index (χ4v) is 6.30. The van der Waals surface area contributed by atoms with E-state index in [-0.39, 0.29) is 5.91 Å². The third-order valence-corrected chi connectivity index (χ3v) is 9.74. The highest BCUT2D eigenvalue weighted by Crippen LogP contribution is 2.12. The van der Waals surface area contributed by atoms with Crippen LogP contribution in [0.2, 0.25) is 0 Å². The number of ether oxygens (including phenoxy) is 2. The van der Waals surface area contributed by atoms with E-state index in [0.29, 0.717) is 32.7 Å². The Morgan fingerprint density at radius 1 is 0.420 bits per heavy atom. The SMILES string of the molecule is CCCCCCCCC=CCCCCCCCCOCCN(CCOCCCCCCCCC=CCCCCCCCC)C(=O)CCN(C)C. The van der Waals surface area contributed by atoms with Gasteiger partial charge in [-0.25, -0.2) is 0 Å². The van der Waals surface area contributed by atoms with E-state index >= 15 is 0 Å². The average molecular weight is 705 g/mol. The smallest absolute Gasteiger partial charge is 0.224 e. The molecule has 0 atom stereocenters. The highest BCUT2D eigenvalue weighted by molar-refractivity contribution is 5.76. The maximum Gasteiger partial charge on any atom is 0.224 e. The molecule has 0 bridgehead atoms. The number of hydrogen-bond donors (Lipinski definition) is 0. The van der Waals surface area contributed by atoms with Crippen molar-refractivity contribution < 1.29 is 14.3 Å². The number of amides is 1. The normalized spacial score (nSPS) is 11.9. The molecule has 0 fully saturated rings. The Kier molecular flexibility index (Phi) is 41.3. The summed E-state index contributed by atoms with van der Waals surface area (Å²) < 4.78 is 11.9. The monoisotopic (exact) mass is 705 g/mol. The number of carbonyl (C=O) groups excluding carboxylic acids is 1. The van der Waals surface area contributed by atoms with Gasteiger partial charge in [0.15, 0.2) is 0 Å². The molecule has 296 valence electrons. The largest absolute Gasteiger partial charge is 0.380 e. The second-order valence-electron chi connectivity index (χ2n) is 15.0. The number of unbranched alkanes of at least 4 members (excludes halogenated alkanes) is 24. The van der Waals surface area contributed by atoms with Gasteiger partial charge >= 0.3 is 0 Å². The van der Waals surface area contributed by atoms with Gasteiger partial charge < -0.3 is 19.3 Å². The predicted molar refractivity (Wildman–Crippen MR) is 220 cm³/mol. The van der Waals surface area contributed by atoms with Gasteiger partial charge in [-0.15, -0.1) is 0 Å². The highest BCUT2D eigenvalue weighted by atomic mass is 16.5. The standard InChI is InChI=1S/C45H88N2O3/c1-5-7-9-11-13-15-17-19-21-23-25-27-29-31-33-35-41-49-43-39-47(45(48)37-38-46(3)4)40-44-50-42-36-34-32-30-28-26-24-22-20-18-16-14-12-10-8-6-2/h19-22H,5-18,23-44H2,1-4H3. The number of carbonyl (C=O) groups is 1. The van der Waals surface area contributed by atoms with Crippen molar-refractivity contribution in [2.24, 2.45) is 0 Å². The summed E-state index contributed by atoms with van der Waals surface area (Å²) in [4.78, 5) is 16.9. The van der Waals surface area contributed by atoms with Gasteiger partial charge in [-0.2, -0.15) is 0 Å². The van der Waals surface area contributed by atoms with Crippen molar-refractivity contribution >= 4 is 5.91 Å². The summed E-state index contributed by atoms with van der Waals surface area (Å²) in [7, 11) is 4.04. The maximum absolute atomic E-state index is 12.9. The molecule has 1 amide bonds. The molecule has 0 aromatic carbocycles. The quantitative estimate of drug-likeness (QED) is 0.0469. The summed E-state index contributed by atoms with van der Waals surface area (Å²) in [5.41, 5.74) is 0. The Bertz CT molecular complexity index is 675. The molecule has 5 heteroatoms. The molecule has 0 aliphatic heterocycles. The van der Waals surface area contributed by atoms with Gasteiger partial charge in [-0.05, 0) is 78.3 Å². The molecule has 0 aliphatic carbocycles. The van der Waals surface area contributed by atoms with Gasteiger partial charge in [-0.3, -0.25) is 4.79 Å². The fourth-order valence-electron chi connectivity index (χ4n) is 6.30. The first-order chi connectivity index (χ1) is 24.6. The van der Waals surface area contributed by atoms with Gasteiger partial charge in [0.25, 0.3) is 0 Å². The lowest BCUT2D eigenvalue weighted by Crippen LogP contribution is -2.38. The molecule has 0 aliphatic rings. The maximum atomic E-state index is 12.9. The van der Waals surface area contributed by atoms with E-state index in [4.69, 9.17) is 9.47 Å². The zero-order valence-corrected chi connectivity index (χ0v) is 34.4. The first kappa shape index (κ1) is 48.8. The number of allylic oxidation sites excluding steroid dienone is 4. The number of hydrogen-bond acceptors (Lipinski definition) is 4. The Morgan fingerprint density at radius 3 is 1.08 bits per heavy atom. The van der Waals surface area contributed by atoms with Gasteiger partial charge in [0.05, 0.1) is 13.2 Å². The van der Waals surface area contributed by atoms with E-state index in [9.17, 15) is 4.79 Å². The topological polar surface area (TPSA) is 42.0 Å². The molecular weight excluding hydrogens is 617 g/mol. The third-order valence-electron chi connectivity index (χ3n) is 9.74. The molecule has 0 aromatic rings. The van der Waals surface area contributed by atoms with Crippen molar-refractivity contribution in [2.75, 3.05) is 60.2 Å². The van der Waals surface area contributed by atoms with Crippen LogP contribution in [0.5, 0.6) is 0 Å². The van der Waals surface area contributed by atoms with Crippen LogP contribution < -0.4 is 0 Å². The molecule has 0 spiro atoms. The Balaban J connectivity index is 3.76. The second-order valence-corrected chi connectivity index (χ2v) is 15.0. The van der Waals surface area contributed by atoms with E-state index < -0.39 is 0 Å². The second kappa shape index (κ2) is 42.2. The van der Waals surface area contributed by atoms with Gasteiger partial charge in [0.1, 0.15) is 0 Å². The van der Waals surface area contributed by atoms with E-state index in [2.05, 4.69) is 43.1 Å². The third kappa shape index (κ3) is 39.6. The average Bonchev–Trinajstić information content (AvgIpc) is 3.11. The van der Waals surface area contributed by atoms with Crippen molar-refractivity contribution in [1.29, 1.82) is 0 Å². The van der Waals surface area contributed by atoms with Crippen LogP contribution in [0.25, 0.3) is 0 Å².